The van der Waals surface area contributed by atoms with Gasteiger partial charge in [0, 0.05) is 24.5 Å². The van der Waals surface area contributed by atoms with Crippen LogP contribution in [0, 0.1) is 0 Å². The Labute approximate surface area is 127 Å². The highest BCUT2D eigenvalue weighted by atomic mass is 15.2. The Morgan fingerprint density at radius 3 is 2.95 bits per heavy atom. The van der Waals surface area contributed by atoms with Crippen LogP contribution in [0.5, 0.6) is 0 Å². The maximum Gasteiger partial charge on any atom is 0.129 e. The van der Waals surface area contributed by atoms with Gasteiger partial charge < -0.3 is 10.2 Å². The number of para-hydroxylation sites is 1. The van der Waals surface area contributed by atoms with Crippen LogP contribution >= 0.6 is 0 Å². The number of rotatable bonds is 3. The maximum atomic E-state index is 4.93. The van der Waals surface area contributed by atoms with E-state index in [0.29, 0.717) is 6.04 Å². The summed E-state index contributed by atoms with van der Waals surface area (Å²) in [6.07, 6.45) is 5.24. The molecule has 3 rings (SSSR count). The summed E-state index contributed by atoms with van der Waals surface area (Å²) in [5.74, 6) is 1.15. The average molecular weight is 283 g/mol. The Morgan fingerprint density at radius 1 is 1.24 bits per heavy atom. The summed E-state index contributed by atoms with van der Waals surface area (Å²) in [6, 6.07) is 11.3. The molecule has 1 saturated heterocycles. The van der Waals surface area contributed by atoms with Crippen molar-refractivity contribution >= 4 is 16.7 Å². The van der Waals surface area contributed by atoms with Crippen LogP contribution in [-0.2, 0) is 6.54 Å². The van der Waals surface area contributed by atoms with E-state index >= 15 is 0 Å². The van der Waals surface area contributed by atoms with E-state index in [1.807, 2.05) is 7.05 Å². The standard InChI is InChI=1S/C18H25N3/c1-14-8-4-3-7-11-21(14)18-12-15(13-19-2)16-9-5-6-10-17(16)20-18/h5-6,9-10,12,14,19H,3-4,7-8,11,13H2,1-2H3. The molecule has 21 heavy (non-hydrogen) atoms. The second-order valence-electron chi connectivity index (χ2n) is 6.08. The first-order valence-corrected chi connectivity index (χ1v) is 8.09. The van der Waals surface area contributed by atoms with Gasteiger partial charge in [0.1, 0.15) is 5.82 Å². The van der Waals surface area contributed by atoms with Crippen molar-refractivity contribution in [2.75, 3.05) is 18.5 Å². The maximum absolute atomic E-state index is 4.93. The molecule has 1 aromatic carbocycles. The zero-order valence-electron chi connectivity index (χ0n) is 13.1. The molecule has 0 radical (unpaired) electrons. The fraction of sp³-hybridized carbons (Fsp3) is 0.500. The minimum Gasteiger partial charge on any atom is -0.354 e. The number of pyridine rings is 1. The molecular weight excluding hydrogens is 258 g/mol. The second kappa shape index (κ2) is 6.44. The molecule has 0 aliphatic carbocycles. The Balaban J connectivity index is 2.05. The van der Waals surface area contributed by atoms with Gasteiger partial charge in [-0.25, -0.2) is 4.98 Å². The minimum atomic E-state index is 0.587. The SMILES string of the molecule is CNCc1cc(N2CCCCCC2C)nc2ccccc12. The van der Waals surface area contributed by atoms with Crippen molar-refractivity contribution in [3.05, 3.63) is 35.9 Å². The van der Waals surface area contributed by atoms with Crippen molar-refractivity contribution in [1.29, 1.82) is 0 Å². The predicted octanol–water partition coefficient (Wildman–Crippen LogP) is 3.72. The lowest BCUT2D eigenvalue weighted by atomic mass is 10.1. The number of aromatic nitrogens is 1. The van der Waals surface area contributed by atoms with Gasteiger partial charge in [0.05, 0.1) is 5.52 Å². The van der Waals surface area contributed by atoms with Gasteiger partial charge >= 0.3 is 0 Å². The van der Waals surface area contributed by atoms with Crippen molar-refractivity contribution in [2.24, 2.45) is 0 Å². The third-order valence-corrected chi connectivity index (χ3v) is 4.50. The molecule has 2 aromatic rings. The van der Waals surface area contributed by atoms with Gasteiger partial charge in [-0.05, 0) is 44.5 Å². The number of anilines is 1. The van der Waals surface area contributed by atoms with E-state index in [1.54, 1.807) is 0 Å². The van der Waals surface area contributed by atoms with Crippen molar-refractivity contribution in [1.82, 2.24) is 10.3 Å². The van der Waals surface area contributed by atoms with E-state index in [0.717, 1.165) is 24.4 Å². The van der Waals surface area contributed by atoms with Crippen LogP contribution in [0.4, 0.5) is 5.82 Å². The van der Waals surface area contributed by atoms with E-state index in [1.165, 1.54) is 36.6 Å². The summed E-state index contributed by atoms with van der Waals surface area (Å²) in [6.45, 7) is 4.35. The molecule has 1 fully saturated rings. The topological polar surface area (TPSA) is 28.2 Å². The van der Waals surface area contributed by atoms with Crippen LogP contribution in [0.2, 0.25) is 0 Å². The predicted molar refractivity (Wildman–Crippen MR) is 89.8 cm³/mol. The Hall–Kier alpha value is -1.61. The molecule has 1 N–H and O–H groups in total. The highest BCUT2D eigenvalue weighted by Gasteiger charge is 2.19. The molecule has 1 atom stereocenters. The largest absolute Gasteiger partial charge is 0.354 e. The molecule has 1 aromatic heterocycles. The molecule has 0 amide bonds. The minimum absolute atomic E-state index is 0.587. The number of hydrogen-bond donors (Lipinski definition) is 1. The molecule has 112 valence electrons. The molecule has 1 unspecified atom stereocenters. The summed E-state index contributed by atoms with van der Waals surface area (Å²) in [7, 11) is 2.00. The first-order chi connectivity index (χ1) is 10.3. The van der Waals surface area contributed by atoms with E-state index in [2.05, 4.69) is 47.5 Å². The highest BCUT2D eigenvalue weighted by molar-refractivity contribution is 5.84. The number of hydrogen-bond acceptors (Lipinski definition) is 3. The lowest BCUT2D eigenvalue weighted by Gasteiger charge is -2.29. The number of benzene rings is 1. The van der Waals surface area contributed by atoms with E-state index in [-0.39, 0.29) is 0 Å². The van der Waals surface area contributed by atoms with Gasteiger partial charge in [0.15, 0.2) is 0 Å². The summed E-state index contributed by atoms with van der Waals surface area (Å²) >= 11 is 0. The summed E-state index contributed by atoms with van der Waals surface area (Å²) < 4.78 is 0. The molecule has 0 bridgehead atoms. The van der Waals surface area contributed by atoms with E-state index in [4.69, 9.17) is 4.98 Å². The van der Waals surface area contributed by atoms with Gasteiger partial charge in [-0.15, -0.1) is 0 Å². The molecule has 0 spiro atoms. The number of fused-ring (bicyclic) bond motifs is 1. The monoisotopic (exact) mass is 283 g/mol. The van der Waals surface area contributed by atoms with Crippen LogP contribution in [0.3, 0.4) is 0 Å². The first-order valence-electron chi connectivity index (χ1n) is 8.09. The fourth-order valence-electron chi connectivity index (χ4n) is 3.33. The molecule has 3 heteroatoms. The molecule has 2 heterocycles. The molecule has 0 saturated carbocycles. The third kappa shape index (κ3) is 3.03. The summed E-state index contributed by atoms with van der Waals surface area (Å²) in [5, 5.41) is 4.55. The van der Waals surface area contributed by atoms with Crippen molar-refractivity contribution in [2.45, 2.75) is 45.2 Å². The van der Waals surface area contributed by atoms with Crippen LogP contribution < -0.4 is 10.2 Å². The van der Waals surface area contributed by atoms with Gasteiger partial charge in [0.25, 0.3) is 0 Å². The van der Waals surface area contributed by atoms with Crippen LogP contribution in [0.15, 0.2) is 30.3 Å². The Kier molecular flexibility index (Phi) is 4.39. The average Bonchev–Trinajstić information content (AvgIpc) is 2.72. The quantitative estimate of drug-likeness (QED) is 0.930. The summed E-state index contributed by atoms with van der Waals surface area (Å²) in [5.41, 5.74) is 2.45. The number of nitrogens with zero attached hydrogens (tertiary/aromatic N) is 2. The van der Waals surface area contributed by atoms with Crippen LogP contribution in [0.1, 0.15) is 38.2 Å². The molecule has 1 aliphatic heterocycles. The van der Waals surface area contributed by atoms with Crippen LogP contribution in [0.25, 0.3) is 10.9 Å². The molecule has 3 nitrogen and oxygen atoms in total. The van der Waals surface area contributed by atoms with Crippen molar-refractivity contribution < 1.29 is 0 Å². The van der Waals surface area contributed by atoms with Crippen molar-refractivity contribution in [3.63, 3.8) is 0 Å². The van der Waals surface area contributed by atoms with Gasteiger partial charge in [0.2, 0.25) is 0 Å². The molecular formula is C18H25N3. The number of nitrogens with one attached hydrogen (secondary N) is 1. The lowest BCUT2D eigenvalue weighted by Crippen LogP contribution is -2.33. The van der Waals surface area contributed by atoms with Gasteiger partial charge in [-0.3, -0.25) is 0 Å². The summed E-state index contributed by atoms with van der Waals surface area (Å²) in [4.78, 5) is 7.43. The molecule has 1 aliphatic rings. The first kappa shape index (κ1) is 14.3. The van der Waals surface area contributed by atoms with E-state index < -0.39 is 0 Å². The van der Waals surface area contributed by atoms with Crippen LogP contribution in [-0.4, -0.2) is 24.6 Å². The zero-order valence-corrected chi connectivity index (χ0v) is 13.1. The lowest BCUT2D eigenvalue weighted by molar-refractivity contribution is 0.611. The Bertz CT molecular complexity index is 608. The third-order valence-electron chi connectivity index (χ3n) is 4.50. The zero-order chi connectivity index (χ0) is 14.7. The fourth-order valence-corrected chi connectivity index (χ4v) is 3.33. The second-order valence-corrected chi connectivity index (χ2v) is 6.08. The van der Waals surface area contributed by atoms with Gasteiger partial charge in [-0.1, -0.05) is 31.0 Å². The normalized spacial score (nSPS) is 19.7. The van der Waals surface area contributed by atoms with Crippen molar-refractivity contribution in [3.8, 4) is 0 Å². The smallest absolute Gasteiger partial charge is 0.129 e. The van der Waals surface area contributed by atoms with E-state index in [9.17, 15) is 0 Å². The Morgan fingerprint density at radius 2 is 2.10 bits per heavy atom. The van der Waals surface area contributed by atoms with Gasteiger partial charge in [-0.2, -0.15) is 0 Å². The highest BCUT2D eigenvalue weighted by Crippen LogP contribution is 2.27.